The Balaban J connectivity index is 2.43. The molecule has 1 heterocycles. The van der Waals surface area contributed by atoms with Gasteiger partial charge < -0.3 is 10.1 Å². The monoisotopic (exact) mass is 219 g/mol. The van der Waals surface area contributed by atoms with Gasteiger partial charge in [-0.05, 0) is 50.4 Å². The number of ether oxygens (including phenoxy) is 1. The van der Waals surface area contributed by atoms with Gasteiger partial charge in [-0.25, -0.2) is 0 Å². The van der Waals surface area contributed by atoms with E-state index in [1.807, 2.05) is 0 Å². The van der Waals surface area contributed by atoms with Gasteiger partial charge in [0.05, 0.1) is 6.61 Å². The van der Waals surface area contributed by atoms with Gasteiger partial charge in [0, 0.05) is 11.6 Å². The molecule has 0 amide bonds. The van der Waals surface area contributed by atoms with Crippen LogP contribution >= 0.6 is 0 Å². The number of benzene rings is 1. The second kappa shape index (κ2) is 4.88. The van der Waals surface area contributed by atoms with Crippen molar-refractivity contribution in [3.05, 3.63) is 28.8 Å². The Morgan fingerprint density at radius 3 is 2.94 bits per heavy atom. The van der Waals surface area contributed by atoms with Crippen molar-refractivity contribution in [3.8, 4) is 5.75 Å². The molecule has 0 bridgehead atoms. The highest BCUT2D eigenvalue weighted by molar-refractivity contribution is 5.45. The molecule has 0 saturated heterocycles. The van der Waals surface area contributed by atoms with Crippen LogP contribution in [0.3, 0.4) is 0 Å². The lowest BCUT2D eigenvalue weighted by Crippen LogP contribution is -2.21. The maximum atomic E-state index is 5.85. The fraction of sp³-hybridized carbons (Fsp3) is 0.571. The first kappa shape index (κ1) is 11.5. The lowest BCUT2D eigenvalue weighted by molar-refractivity contribution is 0.315. The minimum absolute atomic E-state index is 0.461. The zero-order chi connectivity index (χ0) is 11.5. The van der Waals surface area contributed by atoms with Gasteiger partial charge in [0.2, 0.25) is 0 Å². The summed E-state index contributed by atoms with van der Waals surface area (Å²) in [6.07, 6.45) is 2.30. The fourth-order valence-electron chi connectivity index (χ4n) is 2.57. The van der Waals surface area contributed by atoms with Crippen LogP contribution in [0.15, 0.2) is 12.1 Å². The summed E-state index contributed by atoms with van der Waals surface area (Å²) in [5.74, 6) is 1.08. The maximum absolute atomic E-state index is 5.85. The number of nitrogens with one attached hydrogen (secondary N) is 1. The third-order valence-corrected chi connectivity index (χ3v) is 3.19. The molecule has 0 spiro atoms. The molecule has 1 aromatic carbocycles. The molecule has 0 saturated carbocycles. The first-order valence-electron chi connectivity index (χ1n) is 6.19. The van der Waals surface area contributed by atoms with Crippen molar-refractivity contribution in [2.24, 2.45) is 0 Å². The van der Waals surface area contributed by atoms with Crippen LogP contribution in [0.2, 0.25) is 0 Å². The largest absolute Gasteiger partial charge is 0.493 e. The quantitative estimate of drug-likeness (QED) is 0.825. The lowest BCUT2D eigenvalue weighted by Gasteiger charge is -2.20. The number of fused-ring (bicyclic) bond motifs is 1. The highest BCUT2D eigenvalue weighted by atomic mass is 16.5. The Morgan fingerprint density at radius 2 is 2.19 bits per heavy atom. The second-order valence-corrected chi connectivity index (χ2v) is 4.59. The summed E-state index contributed by atoms with van der Waals surface area (Å²) in [6, 6.07) is 4.87. The molecule has 0 radical (unpaired) electrons. The molecule has 0 aliphatic carbocycles. The number of aryl methyl sites for hydroxylation is 2. The van der Waals surface area contributed by atoms with Crippen molar-refractivity contribution >= 4 is 0 Å². The van der Waals surface area contributed by atoms with Crippen LogP contribution < -0.4 is 10.1 Å². The summed E-state index contributed by atoms with van der Waals surface area (Å²) in [7, 11) is 0. The van der Waals surface area contributed by atoms with E-state index in [0.717, 1.165) is 25.3 Å². The Hall–Kier alpha value is -1.02. The highest BCUT2D eigenvalue weighted by Gasteiger charge is 2.21. The molecule has 1 aromatic rings. The predicted molar refractivity (Wildman–Crippen MR) is 67.1 cm³/mol. The average Bonchev–Trinajstić information content (AvgIpc) is 2.41. The van der Waals surface area contributed by atoms with Crippen molar-refractivity contribution in [2.45, 2.75) is 39.7 Å². The molecule has 1 N–H and O–H groups in total. The zero-order valence-electron chi connectivity index (χ0n) is 10.5. The van der Waals surface area contributed by atoms with Crippen LogP contribution in [0, 0.1) is 13.8 Å². The molecule has 88 valence electrons. The van der Waals surface area contributed by atoms with Crippen molar-refractivity contribution < 1.29 is 4.74 Å². The Kier molecular flexibility index (Phi) is 3.49. The van der Waals surface area contributed by atoms with Crippen LogP contribution in [0.1, 0.15) is 42.5 Å². The first-order valence-corrected chi connectivity index (χ1v) is 6.19. The van der Waals surface area contributed by atoms with Gasteiger partial charge in [-0.1, -0.05) is 13.0 Å². The van der Waals surface area contributed by atoms with Gasteiger partial charge >= 0.3 is 0 Å². The average molecular weight is 219 g/mol. The van der Waals surface area contributed by atoms with Crippen molar-refractivity contribution in [3.63, 3.8) is 0 Å². The van der Waals surface area contributed by atoms with E-state index in [2.05, 4.69) is 38.2 Å². The first-order chi connectivity index (χ1) is 7.72. The van der Waals surface area contributed by atoms with Crippen LogP contribution in [0.25, 0.3) is 0 Å². The summed E-state index contributed by atoms with van der Waals surface area (Å²) >= 11 is 0. The molecule has 0 aromatic heterocycles. The lowest BCUT2D eigenvalue weighted by atomic mass is 9.95. The number of rotatable bonds is 2. The van der Waals surface area contributed by atoms with E-state index in [-0.39, 0.29) is 0 Å². The SMILES string of the molecule is CCNC1CCCOc2cc(C)cc(C)c21. The third kappa shape index (κ3) is 2.22. The topological polar surface area (TPSA) is 21.3 Å². The second-order valence-electron chi connectivity index (χ2n) is 4.59. The molecule has 1 aliphatic heterocycles. The summed E-state index contributed by atoms with van der Waals surface area (Å²) in [5.41, 5.74) is 4.00. The summed E-state index contributed by atoms with van der Waals surface area (Å²) in [4.78, 5) is 0. The van der Waals surface area contributed by atoms with Gasteiger partial charge in [-0.15, -0.1) is 0 Å². The van der Waals surface area contributed by atoms with E-state index in [1.54, 1.807) is 0 Å². The molecule has 16 heavy (non-hydrogen) atoms. The van der Waals surface area contributed by atoms with Crippen molar-refractivity contribution in [1.82, 2.24) is 5.32 Å². The van der Waals surface area contributed by atoms with E-state index in [4.69, 9.17) is 4.74 Å². The molecule has 2 nitrogen and oxygen atoms in total. The van der Waals surface area contributed by atoms with Gasteiger partial charge in [-0.3, -0.25) is 0 Å². The Bertz CT molecular complexity index is 373. The number of hydrogen-bond donors (Lipinski definition) is 1. The van der Waals surface area contributed by atoms with E-state index in [0.29, 0.717) is 6.04 Å². The van der Waals surface area contributed by atoms with Crippen molar-refractivity contribution in [2.75, 3.05) is 13.2 Å². The zero-order valence-corrected chi connectivity index (χ0v) is 10.5. The summed E-state index contributed by atoms with van der Waals surface area (Å²) in [5, 5.41) is 3.56. The molecular weight excluding hydrogens is 198 g/mol. The molecule has 2 rings (SSSR count). The Morgan fingerprint density at radius 1 is 1.38 bits per heavy atom. The van der Waals surface area contributed by atoms with E-state index >= 15 is 0 Å². The molecular formula is C14H21NO. The van der Waals surface area contributed by atoms with E-state index in [1.165, 1.54) is 23.1 Å². The van der Waals surface area contributed by atoms with Gasteiger partial charge in [0.25, 0.3) is 0 Å². The standard InChI is InChI=1S/C14H21NO/c1-4-15-12-6-5-7-16-13-9-10(2)8-11(3)14(12)13/h8-9,12,15H,4-7H2,1-3H3. The van der Waals surface area contributed by atoms with Gasteiger partial charge in [-0.2, -0.15) is 0 Å². The summed E-state index contributed by atoms with van der Waals surface area (Å²) in [6.45, 7) is 8.33. The van der Waals surface area contributed by atoms with E-state index < -0.39 is 0 Å². The smallest absolute Gasteiger partial charge is 0.124 e. The summed E-state index contributed by atoms with van der Waals surface area (Å²) < 4.78 is 5.85. The number of hydrogen-bond acceptors (Lipinski definition) is 2. The van der Waals surface area contributed by atoms with Gasteiger partial charge in [0.15, 0.2) is 0 Å². The van der Waals surface area contributed by atoms with E-state index in [9.17, 15) is 0 Å². The Labute approximate surface area is 98.0 Å². The molecule has 1 unspecified atom stereocenters. The predicted octanol–water partition coefficient (Wildman–Crippen LogP) is 3.13. The molecule has 2 heteroatoms. The highest BCUT2D eigenvalue weighted by Crippen LogP contribution is 2.34. The third-order valence-electron chi connectivity index (χ3n) is 3.19. The molecule has 0 fully saturated rings. The van der Waals surface area contributed by atoms with Crippen LogP contribution in [0.4, 0.5) is 0 Å². The van der Waals surface area contributed by atoms with Crippen LogP contribution in [-0.4, -0.2) is 13.2 Å². The van der Waals surface area contributed by atoms with Crippen LogP contribution in [0.5, 0.6) is 5.75 Å². The van der Waals surface area contributed by atoms with Crippen LogP contribution in [-0.2, 0) is 0 Å². The molecule has 1 atom stereocenters. The minimum atomic E-state index is 0.461. The van der Waals surface area contributed by atoms with Crippen molar-refractivity contribution in [1.29, 1.82) is 0 Å². The fourth-order valence-corrected chi connectivity index (χ4v) is 2.57. The molecule has 1 aliphatic rings. The normalized spacial score (nSPS) is 19.8. The minimum Gasteiger partial charge on any atom is -0.493 e. The maximum Gasteiger partial charge on any atom is 0.124 e. The van der Waals surface area contributed by atoms with Gasteiger partial charge in [0.1, 0.15) is 5.75 Å².